The Hall–Kier alpha value is -1.84. The van der Waals surface area contributed by atoms with Gasteiger partial charge in [-0.15, -0.1) is 0 Å². The molecule has 1 heterocycles. The summed E-state index contributed by atoms with van der Waals surface area (Å²) in [5, 5.41) is 9.95. The van der Waals surface area contributed by atoms with Crippen LogP contribution in [0.2, 0.25) is 5.02 Å². The number of para-hydroxylation sites is 2. The van der Waals surface area contributed by atoms with E-state index in [2.05, 4.69) is 4.98 Å². The Morgan fingerprint density at radius 2 is 1.79 bits per heavy atom. The molecule has 96 valence electrons. The van der Waals surface area contributed by atoms with Crippen molar-refractivity contribution in [3.8, 4) is 11.4 Å². The summed E-state index contributed by atoms with van der Waals surface area (Å²) in [5.74, 6) is 0.854. The molecule has 0 saturated heterocycles. The molecular weight excluding hydrogens is 260 g/mol. The Balaban J connectivity index is 2.21. The van der Waals surface area contributed by atoms with E-state index in [9.17, 15) is 5.11 Å². The maximum absolute atomic E-state index is 9.24. The highest BCUT2D eigenvalue weighted by molar-refractivity contribution is 6.30. The van der Waals surface area contributed by atoms with Gasteiger partial charge in [0.05, 0.1) is 17.6 Å². The van der Waals surface area contributed by atoms with Crippen LogP contribution in [0, 0.1) is 0 Å². The predicted molar refractivity (Wildman–Crippen MR) is 77.3 cm³/mol. The fourth-order valence-corrected chi connectivity index (χ4v) is 2.35. The van der Waals surface area contributed by atoms with Gasteiger partial charge in [-0.25, -0.2) is 4.98 Å². The van der Waals surface area contributed by atoms with E-state index >= 15 is 0 Å². The maximum Gasteiger partial charge on any atom is 0.141 e. The number of imidazole rings is 1. The molecule has 0 fully saturated rings. The normalized spacial score (nSPS) is 11.1. The lowest BCUT2D eigenvalue weighted by Crippen LogP contribution is -2.03. The average Bonchev–Trinajstić information content (AvgIpc) is 2.79. The maximum atomic E-state index is 9.24. The topological polar surface area (TPSA) is 38.0 Å². The Morgan fingerprint density at radius 3 is 2.53 bits per heavy atom. The highest BCUT2D eigenvalue weighted by Gasteiger charge is 2.11. The SMILES string of the molecule is OCCn1c(-c2ccc(Cl)cc2)nc2ccccc21. The largest absolute Gasteiger partial charge is 0.395 e. The summed E-state index contributed by atoms with van der Waals surface area (Å²) in [4.78, 5) is 4.64. The van der Waals surface area contributed by atoms with Gasteiger partial charge in [0.2, 0.25) is 0 Å². The first-order valence-electron chi connectivity index (χ1n) is 6.11. The van der Waals surface area contributed by atoms with Gasteiger partial charge in [0.25, 0.3) is 0 Å². The molecule has 0 amide bonds. The molecular formula is C15H13ClN2O. The van der Waals surface area contributed by atoms with E-state index in [0.717, 1.165) is 22.4 Å². The standard InChI is InChI=1S/C15H13ClN2O/c16-12-7-5-11(6-8-12)15-17-13-3-1-2-4-14(13)18(15)9-10-19/h1-8,19H,9-10H2. The van der Waals surface area contributed by atoms with Crippen LogP contribution < -0.4 is 0 Å². The lowest BCUT2D eigenvalue weighted by Gasteiger charge is -2.07. The third-order valence-electron chi connectivity index (χ3n) is 3.08. The molecule has 1 aromatic heterocycles. The van der Waals surface area contributed by atoms with E-state index in [1.54, 1.807) is 0 Å². The van der Waals surface area contributed by atoms with Gasteiger partial charge in [0.15, 0.2) is 0 Å². The van der Waals surface area contributed by atoms with Crippen molar-refractivity contribution in [1.29, 1.82) is 0 Å². The molecule has 3 rings (SSSR count). The summed E-state index contributed by atoms with van der Waals surface area (Å²) in [5.41, 5.74) is 2.96. The lowest BCUT2D eigenvalue weighted by molar-refractivity contribution is 0.278. The van der Waals surface area contributed by atoms with Crippen LogP contribution in [0.4, 0.5) is 0 Å². The van der Waals surface area contributed by atoms with Crippen molar-refractivity contribution in [3.63, 3.8) is 0 Å². The van der Waals surface area contributed by atoms with Crippen molar-refractivity contribution in [2.45, 2.75) is 6.54 Å². The molecule has 0 radical (unpaired) electrons. The minimum absolute atomic E-state index is 0.0843. The zero-order valence-electron chi connectivity index (χ0n) is 10.3. The van der Waals surface area contributed by atoms with Gasteiger partial charge in [-0.3, -0.25) is 0 Å². The molecule has 1 N–H and O–H groups in total. The van der Waals surface area contributed by atoms with Gasteiger partial charge in [-0.2, -0.15) is 0 Å². The molecule has 4 heteroatoms. The van der Waals surface area contributed by atoms with Crippen LogP contribution in [0.15, 0.2) is 48.5 Å². The second-order valence-electron chi connectivity index (χ2n) is 4.31. The van der Waals surface area contributed by atoms with E-state index in [-0.39, 0.29) is 6.61 Å². The van der Waals surface area contributed by atoms with Crippen molar-refractivity contribution in [2.75, 3.05) is 6.61 Å². The zero-order chi connectivity index (χ0) is 13.2. The van der Waals surface area contributed by atoms with Crippen molar-refractivity contribution in [2.24, 2.45) is 0 Å². The van der Waals surface area contributed by atoms with Gasteiger partial charge in [0.1, 0.15) is 5.82 Å². The number of benzene rings is 2. The third-order valence-corrected chi connectivity index (χ3v) is 3.33. The quantitative estimate of drug-likeness (QED) is 0.794. The second-order valence-corrected chi connectivity index (χ2v) is 4.74. The number of hydrogen-bond donors (Lipinski definition) is 1. The van der Waals surface area contributed by atoms with Gasteiger partial charge >= 0.3 is 0 Å². The monoisotopic (exact) mass is 272 g/mol. The van der Waals surface area contributed by atoms with Crippen molar-refractivity contribution < 1.29 is 5.11 Å². The minimum Gasteiger partial charge on any atom is -0.395 e. The number of aliphatic hydroxyl groups excluding tert-OH is 1. The van der Waals surface area contributed by atoms with Crippen LogP contribution in [0.25, 0.3) is 22.4 Å². The molecule has 0 aliphatic carbocycles. The number of halogens is 1. The average molecular weight is 273 g/mol. The van der Waals surface area contributed by atoms with Crippen LogP contribution in [0.1, 0.15) is 0 Å². The van der Waals surface area contributed by atoms with E-state index in [0.29, 0.717) is 11.6 Å². The number of hydrogen-bond acceptors (Lipinski definition) is 2. The third kappa shape index (κ3) is 2.23. The Labute approximate surface area is 116 Å². The Bertz CT molecular complexity index is 704. The van der Waals surface area contributed by atoms with Crippen LogP contribution in [0.5, 0.6) is 0 Å². The Kier molecular flexibility index (Phi) is 3.23. The molecule has 0 spiro atoms. The van der Waals surface area contributed by atoms with E-state index < -0.39 is 0 Å². The molecule has 0 bridgehead atoms. The number of rotatable bonds is 3. The molecule has 3 nitrogen and oxygen atoms in total. The summed E-state index contributed by atoms with van der Waals surface area (Å²) < 4.78 is 2.03. The van der Waals surface area contributed by atoms with Gasteiger partial charge in [0, 0.05) is 17.1 Å². The molecule has 2 aromatic carbocycles. The molecule has 0 saturated carbocycles. The van der Waals surface area contributed by atoms with E-state index in [1.807, 2.05) is 53.1 Å². The summed E-state index contributed by atoms with van der Waals surface area (Å²) in [7, 11) is 0. The molecule has 3 aromatic rings. The van der Waals surface area contributed by atoms with Crippen LogP contribution in [-0.4, -0.2) is 21.3 Å². The highest BCUT2D eigenvalue weighted by Crippen LogP contribution is 2.25. The van der Waals surface area contributed by atoms with Crippen LogP contribution in [-0.2, 0) is 6.54 Å². The summed E-state index contributed by atoms with van der Waals surface area (Å²) in [6, 6.07) is 15.5. The van der Waals surface area contributed by atoms with Crippen LogP contribution >= 0.6 is 11.6 Å². The van der Waals surface area contributed by atoms with Gasteiger partial charge < -0.3 is 9.67 Å². The first-order chi connectivity index (χ1) is 9.29. The van der Waals surface area contributed by atoms with Gasteiger partial charge in [-0.05, 0) is 36.4 Å². The smallest absolute Gasteiger partial charge is 0.141 e. The zero-order valence-corrected chi connectivity index (χ0v) is 11.0. The molecule has 0 unspecified atom stereocenters. The van der Waals surface area contributed by atoms with E-state index in [4.69, 9.17) is 11.6 Å². The fraction of sp³-hybridized carbons (Fsp3) is 0.133. The first-order valence-corrected chi connectivity index (χ1v) is 6.49. The van der Waals surface area contributed by atoms with E-state index in [1.165, 1.54) is 0 Å². The number of nitrogens with zero attached hydrogens (tertiary/aromatic N) is 2. The van der Waals surface area contributed by atoms with Crippen molar-refractivity contribution >= 4 is 22.6 Å². The van der Waals surface area contributed by atoms with Crippen molar-refractivity contribution in [1.82, 2.24) is 9.55 Å². The minimum atomic E-state index is 0.0843. The summed E-state index contributed by atoms with van der Waals surface area (Å²) >= 11 is 5.91. The molecule has 0 atom stereocenters. The number of aromatic nitrogens is 2. The highest BCUT2D eigenvalue weighted by atomic mass is 35.5. The second kappa shape index (κ2) is 5.03. The summed E-state index contributed by atoms with van der Waals surface area (Å²) in [6.07, 6.45) is 0. The number of fused-ring (bicyclic) bond motifs is 1. The predicted octanol–water partition coefficient (Wildman–Crippen LogP) is 3.35. The van der Waals surface area contributed by atoms with Gasteiger partial charge in [-0.1, -0.05) is 23.7 Å². The van der Waals surface area contributed by atoms with Crippen LogP contribution in [0.3, 0.4) is 0 Å². The number of aliphatic hydroxyl groups is 1. The first kappa shape index (κ1) is 12.2. The summed E-state index contributed by atoms with van der Waals surface area (Å²) in [6.45, 7) is 0.611. The fourth-order valence-electron chi connectivity index (χ4n) is 2.22. The molecule has 19 heavy (non-hydrogen) atoms. The molecule has 0 aliphatic heterocycles. The van der Waals surface area contributed by atoms with Crippen molar-refractivity contribution in [3.05, 3.63) is 53.6 Å². The molecule has 0 aliphatic rings. The lowest BCUT2D eigenvalue weighted by atomic mass is 10.2. The Morgan fingerprint density at radius 1 is 1.05 bits per heavy atom.